The van der Waals surface area contributed by atoms with Crippen LogP contribution in [0.25, 0.3) is 16.2 Å². The maximum Gasteiger partial charge on any atom is 0.154 e. The summed E-state index contributed by atoms with van der Waals surface area (Å²) in [5, 5.41) is 0. The van der Waals surface area contributed by atoms with Crippen molar-refractivity contribution in [2.45, 2.75) is 6.54 Å². The van der Waals surface area contributed by atoms with Crippen molar-refractivity contribution in [3.8, 4) is 10.7 Å². The van der Waals surface area contributed by atoms with E-state index >= 15 is 0 Å². The summed E-state index contributed by atoms with van der Waals surface area (Å²) in [6.45, 7) is 0.543. The molecule has 0 saturated carbocycles. The zero-order valence-electron chi connectivity index (χ0n) is 8.93. The first-order valence-electron chi connectivity index (χ1n) is 5.19. The molecule has 0 aliphatic carbocycles. The average molecular weight is 308 g/mol. The SMILES string of the molecule is NCc1ccc2cnc(-c3ccc(Br)s3)n2c1. The molecule has 0 saturated heterocycles. The topological polar surface area (TPSA) is 43.3 Å². The van der Waals surface area contributed by atoms with E-state index in [0.717, 1.165) is 25.6 Å². The van der Waals surface area contributed by atoms with E-state index in [9.17, 15) is 0 Å². The molecule has 17 heavy (non-hydrogen) atoms. The molecule has 3 heterocycles. The molecule has 86 valence electrons. The van der Waals surface area contributed by atoms with E-state index in [1.54, 1.807) is 11.3 Å². The van der Waals surface area contributed by atoms with Crippen LogP contribution in [0.5, 0.6) is 0 Å². The van der Waals surface area contributed by atoms with E-state index in [4.69, 9.17) is 5.73 Å². The highest BCUT2D eigenvalue weighted by Gasteiger charge is 2.08. The van der Waals surface area contributed by atoms with Gasteiger partial charge in [-0.3, -0.25) is 4.40 Å². The molecule has 0 aliphatic rings. The molecular formula is C12H10BrN3S. The van der Waals surface area contributed by atoms with Gasteiger partial charge in [0.1, 0.15) is 0 Å². The molecular weight excluding hydrogens is 298 g/mol. The summed E-state index contributed by atoms with van der Waals surface area (Å²) < 4.78 is 3.19. The van der Waals surface area contributed by atoms with Crippen molar-refractivity contribution in [2.24, 2.45) is 5.73 Å². The van der Waals surface area contributed by atoms with Crippen LogP contribution < -0.4 is 5.73 Å². The van der Waals surface area contributed by atoms with Gasteiger partial charge >= 0.3 is 0 Å². The van der Waals surface area contributed by atoms with Crippen molar-refractivity contribution in [3.63, 3.8) is 0 Å². The Morgan fingerprint density at radius 2 is 2.18 bits per heavy atom. The van der Waals surface area contributed by atoms with Crippen LogP contribution in [-0.2, 0) is 6.54 Å². The molecule has 0 aliphatic heterocycles. The third kappa shape index (κ3) is 1.90. The molecule has 0 bridgehead atoms. The minimum absolute atomic E-state index is 0.543. The van der Waals surface area contributed by atoms with Gasteiger partial charge in [-0.1, -0.05) is 6.07 Å². The molecule has 2 N–H and O–H groups in total. The molecule has 0 atom stereocenters. The molecule has 5 heteroatoms. The van der Waals surface area contributed by atoms with Crippen LogP contribution in [0.15, 0.2) is 40.4 Å². The summed E-state index contributed by atoms with van der Waals surface area (Å²) >= 11 is 5.15. The Morgan fingerprint density at radius 3 is 2.88 bits per heavy atom. The summed E-state index contributed by atoms with van der Waals surface area (Å²) in [7, 11) is 0. The van der Waals surface area contributed by atoms with E-state index in [-0.39, 0.29) is 0 Å². The van der Waals surface area contributed by atoms with Crippen molar-refractivity contribution >= 4 is 32.8 Å². The molecule has 3 nitrogen and oxygen atoms in total. The van der Waals surface area contributed by atoms with Crippen molar-refractivity contribution in [3.05, 3.63) is 46.0 Å². The monoisotopic (exact) mass is 307 g/mol. The minimum atomic E-state index is 0.543. The number of fused-ring (bicyclic) bond motifs is 1. The number of hydrogen-bond donors (Lipinski definition) is 1. The standard InChI is InChI=1S/C12H10BrN3S/c13-11-4-3-10(17-11)12-15-6-9-2-1-8(5-14)7-16(9)12/h1-4,6-7H,5,14H2. The summed E-state index contributed by atoms with van der Waals surface area (Å²) in [5.74, 6) is 0.964. The lowest BCUT2D eigenvalue weighted by Crippen LogP contribution is -1.98. The number of halogens is 1. The number of nitrogens with zero attached hydrogens (tertiary/aromatic N) is 2. The molecule has 0 aromatic carbocycles. The van der Waals surface area contributed by atoms with Gasteiger partial charge in [-0.15, -0.1) is 11.3 Å². The van der Waals surface area contributed by atoms with Crippen LogP contribution in [0.1, 0.15) is 5.56 Å². The van der Waals surface area contributed by atoms with Gasteiger partial charge in [0, 0.05) is 12.7 Å². The second kappa shape index (κ2) is 4.25. The zero-order valence-corrected chi connectivity index (χ0v) is 11.3. The molecule has 3 rings (SSSR count). The molecule has 0 fully saturated rings. The lowest BCUT2D eigenvalue weighted by atomic mass is 10.3. The first kappa shape index (κ1) is 11.0. The van der Waals surface area contributed by atoms with E-state index in [0.29, 0.717) is 6.54 Å². The van der Waals surface area contributed by atoms with Crippen molar-refractivity contribution < 1.29 is 0 Å². The van der Waals surface area contributed by atoms with E-state index in [1.807, 2.05) is 30.6 Å². The van der Waals surface area contributed by atoms with Crippen molar-refractivity contribution in [1.82, 2.24) is 9.38 Å². The lowest BCUT2D eigenvalue weighted by molar-refractivity contribution is 1.03. The van der Waals surface area contributed by atoms with E-state index in [2.05, 4.69) is 31.4 Å². The zero-order chi connectivity index (χ0) is 11.8. The van der Waals surface area contributed by atoms with Gasteiger partial charge in [-0.2, -0.15) is 0 Å². The number of pyridine rings is 1. The van der Waals surface area contributed by atoms with Gasteiger partial charge < -0.3 is 5.73 Å². The fourth-order valence-corrected chi connectivity index (χ4v) is 3.15. The van der Waals surface area contributed by atoms with Gasteiger partial charge in [0.25, 0.3) is 0 Å². The number of imidazole rings is 1. The highest BCUT2D eigenvalue weighted by Crippen LogP contribution is 2.30. The lowest BCUT2D eigenvalue weighted by Gasteiger charge is -2.01. The Morgan fingerprint density at radius 1 is 1.29 bits per heavy atom. The van der Waals surface area contributed by atoms with Crippen LogP contribution in [0.4, 0.5) is 0 Å². The number of aromatic nitrogens is 2. The van der Waals surface area contributed by atoms with Gasteiger partial charge in [0.05, 0.1) is 20.4 Å². The average Bonchev–Trinajstić information content (AvgIpc) is 2.93. The predicted molar refractivity (Wildman–Crippen MR) is 74.1 cm³/mol. The maximum atomic E-state index is 5.66. The second-order valence-electron chi connectivity index (χ2n) is 3.72. The molecule has 0 unspecified atom stereocenters. The molecule has 0 spiro atoms. The highest BCUT2D eigenvalue weighted by molar-refractivity contribution is 9.11. The minimum Gasteiger partial charge on any atom is -0.326 e. The smallest absolute Gasteiger partial charge is 0.154 e. The third-order valence-electron chi connectivity index (χ3n) is 2.62. The fraction of sp³-hybridized carbons (Fsp3) is 0.0833. The van der Waals surface area contributed by atoms with Crippen molar-refractivity contribution in [2.75, 3.05) is 0 Å². The predicted octanol–water partition coefficient (Wildman–Crippen LogP) is 3.28. The first-order valence-corrected chi connectivity index (χ1v) is 6.80. The van der Waals surface area contributed by atoms with Crippen molar-refractivity contribution in [1.29, 1.82) is 0 Å². The highest BCUT2D eigenvalue weighted by atomic mass is 79.9. The molecule has 0 amide bonds. The summed E-state index contributed by atoms with van der Waals surface area (Å²) in [4.78, 5) is 5.61. The van der Waals surface area contributed by atoms with Gasteiger partial charge in [-0.25, -0.2) is 4.98 Å². The first-order chi connectivity index (χ1) is 8.28. The van der Waals surface area contributed by atoms with Crippen LogP contribution in [-0.4, -0.2) is 9.38 Å². The maximum absolute atomic E-state index is 5.66. The number of rotatable bonds is 2. The Kier molecular flexibility index (Phi) is 2.74. The fourth-order valence-electron chi connectivity index (χ4n) is 1.77. The van der Waals surface area contributed by atoms with Crippen LogP contribution >= 0.6 is 27.3 Å². The Hall–Kier alpha value is -1.17. The van der Waals surface area contributed by atoms with Crippen LogP contribution in [0.3, 0.4) is 0 Å². The Bertz CT molecular complexity index is 671. The van der Waals surface area contributed by atoms with Gasteiger partial charge in [0.15, 0.2) is 5.82 Å². The van der Waals surface area contributed by atoms with Gasteiger partial charge in [0.2, 0.25) is 0 Å². The largest absolute Gasteiger partial charge is 0.326 e. The molecule has 3 aromatic heterocycles. The molecule has 0 radical (unpaired) electrons. The molecule has 3 aromatic rings. The third-order valence-corrected chi connectivity index (χ3v) is 4.24. The Labute approximate surface area is 111 Å². The van der Waals surface area contributed by atoms with E-state index < -0.39 is 0 Å². The van der Waals surface area contributed by atoms with E-state index in [1.165, 1.54) is 0 Å². The van der Waals surface area contributed by atoms with Crippen LogP contribution in [0, 0.1) is 0 Å². The second-order valence-corrected chi connectivity index (χ2v) is 6.18. The number of nitrogens with two attached hydrogens (primary N) is 1. The quantitative estimate of drug-likeness (QED) is 0.789. The van der Waals surface area contributed by atoms with Gasteiger partial charge in [-0.05, 0) is 39.7 Å². The number of hydrogen-bond acceptors (Lipinski definition) is 3. The summed E-state index contributed by atoms with van der Waals surface area (Å²) in [5.41, 5.74) is 7.85. The number of thiophene rings is 1. The summed E-state index contributed by atoms with van der Waals surface area (Å²) in [6, 6.07) is 8.18. The van der Waals surface area contributed by atoms with Crippen LogP contribution in [0.2, 0.25) is 0 Å². The Balaban J connectivity index is 2.22. The normalized spacial score (nSPS) is 11.2. The summed E-state index contributed by atoms with van der Waals surface area (Å²) in [6.07, 6.45) is 3.93.